The van der Waals surface area contributed by atoms with Crippen molar-refractivity contribution in [2.45, 2.75) is 32.5 Å². The van der Waals surface area contributed by atoms with E-state index in [4.69, 9.17) is 4.74 Å². The van der Waals surface area contributed by atoms with Gasteiger partial charge in [0.1, 0.15) is 12.3 Å². The predicted molar refractivity (Wildman–Crippen MR) is 122 cm³/mol. The maximum absolute atomic E-state index is 13.3. The van der Waals surface area contributed by atoms with Crippen LogP contribution in [0.15, 0.2) is 59.3 Å². The molecule has 3 heterocycles. The molecule has 4 rings (SSSR count). The summed E-state index contributed by atoms with van der Waals surface area (Å²) in [7, 11) is 1.64. The predicted octanol–water partition coefficient (Wildman–Crippen LogP) is 4.13. The zero-order chi connectivity index (χ0) is 21.6. The summed E-state index contributed by atoms with van der Waals surface area (Å²) < 4.78 is 5.25. The normalized spacial score (nSPS) is 11.9. The number of aromatic nitrogens is 4. The molecule has 0 N–H and O–H groups in total. The highest BCUT2D eigenvalue weighted by Gasteiger charge is 2.23. The number of thiophene rings is 2. The minimum absolute atomic E-state index is 0.0218. The SMILES string of the molecule is COc1ccc(CN(C(=O)Cn2nnc(-c3cccs3)n2)[C@@H](C)Cc2cccs2)cc1. The third kappa shape index (κ3) is 5.36. The van der Waals surface area contributed by atoms with E-state index in [2.05, 4.69) is 33.8 Å². The maximum Gasteiger partial charge on any atom is 0.246 e. The van der Waals surface area contributed by atoms with E-state index in [1.165, 1.54) is 9.67 Å². The number of carbonyl (C=O) groups is 1. The lowest BCUT2D eigenvalue weighted by Crippen LogP contribution is -2.41. The number of hydrogen-bond acceptors (Lipinski definition) is 7. The average Bonchev–Trinajstić information content (AvgIpc) is 3.54. The highest BCUT2D eigenvalue weighted by Crippen LogP contribution is 2.21. The molecule has 31 heavy (non-hydrogen) atoms. The van der Waals surface area contributed by atoms with E-state index in [9.17, 15) is 4.79 Å². The highest BCUT2D eigenvalue weighted by atomic mass is 32.1. The molecule has 9 heteroatoms. The molecule has 0 saturated carbocycles. The number of benzene rings is 1. The van der Waals surface area contributed by atoms with Crippen LogP contribution in [0.1, 0.15) is 17.4 Å². The molecular formula is C22H23N5O2S2. The van der Waals surface area contributed by atoms with Crippen molar-refractivity contribution in [1.29, 1.82) is 0 Å². The Kier molecular flexibility index (Phi) is 6.73. The largest absolute Gasteiger partial charge is 0.497 e. The summed E-state index contributed by atoms with van der Waals surface area (Å²) in [5, 5.41) is 16.6. The summed E-state index contributed by atoms with van der Waals surface area (Å²) >= 11 is 3.25. The Balaban J connectivity index is 1.51. The monoisotopic (exact) mass is 453 g/mol. The third-order valence-electron chi connectivity index (χ3n) is 4.91. The van der Waals surface area contributed by atoms with Gasteiger partial charge in [-0.2, -0.15) is 4.80 Å². The van der Waals surface area contributed by atoms with Gasteiger partial charge in [-0.1, -0.05) is 24.3 Å². The first-order valence-corrected chi connectivity index (χ1v) is 11.6. The van der Waals surface area contributed by atoms with Crippen LogP contribution in [0.25, 0.3) is 10.7 Å². The van der Waals surface area contributed by atoms with Crippen LogP contribution in [0.5, 0.6) is 5.75 Å². The fraction of sp³-hybridized carbons (Fsp3) is 0.273. The van der Waals surface area contributed by atoms with Gasteiger partial charge in [-0.25, -0.2) is 0 Å². The van der Waals surface area contributed by atoms with Crippen molar-refractivity contribution in [3.05, 3.63) is 69.7 Å². The summed E-state index contributed by atoms with van der Waals surface area (Å²) in [4.78, 5) is 18.7. The topological polar surface area (TPSA) is 73.1 Å². The van der Waals surface area contributed by atoms with Crippen LogP contribution >= 0.6 is 22.7 Å². The molecule has 3 aromatic heterocycles. The maximum atomic E-state index is 13.3. The first kappa shape index (κ1) is 21.2. The summed E-state index contributed by atoms with van der Waals surface area (Å²) in [6.07, 6.45) is 0.796. The van der Waals surface area contributed by atoms with E-state index in [-0.39, 0.29) is 18.5 Å². The van der Waals surface area contributed by atoms with Crippen LogP contribution < -0.4 is 4.74 Å². The van der Waals surface area contributed by atoms with Gasteiger partial charge < -0.3 is 9.64 Å². The first-order valence-electron chi connectivity index (χ1n) is 9.89. The van der Waals surface area contributed by atoms with E-state index in [1.54, 1.807) is 29.8 Å². The molecule has 1 aromatic carbocycles. The van der Waals surface area contributed by atoms with Crippen LogP contribution in [0.2, 0.25) is 0 Å². The molecule has 0 spiro atoms. The average molecular weight is 454 g/mol. The second kappa shape index (κ2) is 9.84. The molecule has 0 aliphatic carbocycles. The number of methoxy groups -OCH3 is 1. The van der Waals surface area contributed by atoms with E-state index in [1.807, 2.05) is 52.7 Å². The lowest BCUT2D eigenvalue weighted by Gasteiger charge is -2.29. The summed E-state index contributed by atoms with van der Waals surface area (Å²) in [6.45, 7) is 2.62. The molecule has 0 aliphatic heterocycles. The van der Waals surface area contributed by atoms with E-state index >= 15 is 0 Å². The smallest absolute Gasteiger partial charge is 0.246 e. The number of carbonyl (C=O) groups excluding carboxylic acids is 1. The zero-order valence-electron chi connectivity index (χ0n) is 17.3. The van der Waals surface area contributed by atoms with Crippen molar-refractivity contribution in [3.63, 3.8) is 0 Å². The van der Waals surface area contributed by atoms with Gasteiger partial charge in [-0.3, -0.25) is 4.79 Å². The lowest BCUT2D eigenvalue weighted by atomic mass is 10.1. The van der Waals surface area contributed by atoms with Crippen LogP contribution in [0, 0.1) is 0 Å². The van der Waals surface area contributed by atoms with Gasteiger partial charge in [0.15, 0.2) is 0 Å². The second-order valence-electron chi connectivity index (χ2n) is 7.12. The quantitative estimate of drug-likeness (QED) is 0.381. The number of rotatable bonds is 9. The highest BCUT2D eigenvalue weighted by molar-refractivity contribution is 7.13. The van der Waals surface area contributed by atoms with E-state index < -0.39 is 0 Å². The standard InChI is InChI=1S/C22H23N5O2S2/c1-16(13-19-5-3-11-30-19)26(14-17-7-9-18(29-2)10-8-17)21(28)15-27-24-22(23-25-27)20-6-4-12-31-20/h3-12,16H,13-15H2,1-2H3/t16-/m0/s1. The first-order chi connectivity index (χ1) is 15.1. The summed E-state index contributed by atoms with van der Waals surface area (Å²) in [5.74, 6) is 1.28. The van der Waals surface area contributed by atoms with Crippen molar-refractivity contribution < 1.29 is 9.53 Å². The van der Waals surface area contributed by atoms with Gasteiger partial charge >= 0.3 is 0 Å². The van der Waals surface area contributed by atoms with Gasteiger partial charge in [-0.15, -0.1) is 32.9 Å². The van der Waals surface area contributed by atoms with E-state index in [0.717, 1.165) is 22.6 Å². The van der Waals surface area contributed by atoms with Gasteiger partial charge in [0.25, 0.3) is 0 Å². The fourth-order valence-electron chi connectivity index (χ4n) is 3.27. The van der Waals surface area contributed by atoms with Crippen LogP contribution in [-0.2, 0) is 24.3 Å². The van der Waals surface area contributed by atoms with Crippen LogP contribution in [-0.4, -0.2) is 44.2 Å². The summed E-state index contributed by atoms with van der Waals surface area (Å²) in [5.41, 5.74) is 1.04. The minimum atomic E-state index is -0.0463. The number of nitrogens with zero attached hydrogens (tertiary/aromatic N) is 5. The van der Waals surface area contributed by atoms with E-state index in [0.29, 0.717) is 12.4 Å². The van der Waals surface area contributed by atoms with Crippen molar-refractivity contribution in [1.82, 2.24) is 25.1 Å². The Bertz CT molecular complexity index is 1090. The molecule has 1 amide bonds. The Morgan fingerprint density at radius 3 is 2.58 bits per heavy atom. The molecular weight excluding hydrogens is 430 g/mol. The second-order valence-corrected chi connectivity index (χ2v) is 9.10. The molecule has 0 aliphatic rings. The van der Waals surface area contributed by atoms with Crippen LogP contribution in [0.4, 0.5) is 0 Å². The van der Waals surface area contributed by atoms with Crippen molar-refractivity contribution in [2.24, 2.45) is 0 Å². The lowest BCUT2D eigenvalue weighted by molar-refractivity contribution is -0.135. The summed E-state index contributed by atoms with van der Waals surface area (Å²) in [6, 6.07) is 15.8. The van der Waals surface area contributed by atoms with Crippen LogP contribution in [0.3, 0.4) is 0 Å². The number of tetrazole rings is 1. The molecule has 0 fully saturated rings. The van der Waals surface area contributed by atoms with Crippen molar-refractivity contribution in [2.75, 3.05) is 7.11 Å². The Hall–Kier alpha value is -3.04. The van der Waals surface area contributed by atoms with Gasteiger partial charge in [0.2, 0.25) is 11.7 Å². The molecule has 0 saturated heterocycles. The third-order valence-corrected chi connectivity index (χ3v) is 6.68. The number of hydrogen-bond donors (Lipinski definition) is 0. The minimum Gasteiger partial charge on any atom is -0.497 e. The van der Waals surface area contributed by atoms with Gasteiger partial charge in [0.05, 0.1) is 12.0 Å². The molecule has 4 aromatic rings. The molecule has 7 nitrogen and oxygen atoms in total. The zero-order valence-corrected chi connectivity index (χ0v) is 19.0. The van der Waals surface area contributed by atoms with Gasteiger partial charge in [0, 0.05) is 23.9 Å². The molecule has 0 unspecified atom stereocenters. The Labute approximate surface area is 188 Å². The van der Waals surface area contributed by atoms with Gasteiger partial charge in [-0.05, 0) is 52.7 Å². The Morgan fingerprint density at radius 2 is 1.90 bits per heavy atom. The fourth-order valence-corrected chi connectivity index (χ4v) is 4.75. The molecule has 0 bridgehead atoms. The molecule has 160 valence electrons. The number of amides is 1. The number of ether oxygens (including phenoxy) is 1. The van der Waals surface area contributed by atoms with Crippen molar-refractivity contribution >= 4 is 28.6 Å². The Morgan fingerprint density at radius 1 is 1.13 bits per heavy atom. The molecule has 1 atom stereocenters. The molecule has 0 radical (unpaired) electrons. The van der Waals surface area contributed by atoms with Crippen molar-refractivity contribution in [3.8, 4) is 16.5 Å².